The number of benzene rings is 1. The molecule has 25 heavy (non-hydrogen) atoms. The van der Waals surface area contributed by atoms with Crippen LogP contribution in [0.25, 0.3) is 11.5 Å². The van der Waals surface area contributed by atoms with Crippen molar-refractivity contribution in [2.75, 3.05) is 13.7 Å². The first kappa shape index (κ1) is 16.2. The number of rotatable bonds is 5. The molecule has 0 N–H and O–H groups in total. The number of hydrogen-bond acceptors (Lipinski definition) is 5. The molecule has 0 radical (unpaired) electrons. The standard InChI is InChI=1S/C19H20N2O3S/c1-22-15-8-6-14(7-9-15)20-19-21(12-16-4-2-10-23-16)17(13-25-19)18-5-3-11-24-18/h3,5-9,11,13,16H,2,4,10,12H2,1H3. The van der Waals surface area contributed by atoms with Crippen LogP contribution in [0, 0.1) is 0 Å². The van der Waals surface area contributed by atoms with E-state index >= 15 is 0 Å². The summed E-state index contributed by atoms with van der Waals surface area (Å²) < 4.78 is 18.8. The second-order valence-electron chi connectivity index (χ2n) is 5.94. The van der Waals surface area contributed by atoms with Gasteiger partial charge in [-0.2, -0.15) is 0 Å². The Morgan fingerprint density at radius 1 is 1.28 bits per heavy atom. The van der Waals surface area contributed by atoms with Crippen LogP contribution in [0.4, 0.5) is 5.69 Å². The van der Waals surface area contributed by atoms with Gasteiger partial charge in [0.15, 0.2) is 10.6 Å². The molecule has 1 fully saturated rings. The van der Waals surface area contributed by atoms with E-state index in [-0.39, 0.29) is 6.10 Å². The largest absolute Gasteiger partial charge is 0.497 e. The van der Waals surface area contributed by atoms with E-state index in [4.69, 9.17) is 18.9 Å². The van der Waals surface area contributed by atoms with Gasteiger partial charge >= 0.3 is 0 Å². The van der Waals surface area contributed by atoms with E-state index in [9.17, 15) is 0 Å². The third kappa shape index (κ3) is 3.55. The van der Waals surface area contributed by atoms with Crippen LogP contribution >= 0.6 is 11.3 Å². The third-order valence-electron chi connectivity index (χ3n) is 4.28. The van der Waals surface area contributed by atoms with Crippen molar-refractivity contribution in [2.24, 2.45) is 4.99 Å². The maximum atomic E-state index is 5.83. The van der Waals surface area contributed by atoms with Crippen LogP contribution in [0.2, 0.25) is 0 Å². The fraction of sp³-hybridized carbons (Fsp3) is 0.316. The zero-order valence-corrected chi connectivity index (χ0v) is 14.9. The molecule has 6 heteroatoms. The molecule has 3 aromatic rings. The lowest BCUT2D eigenvalue weighted by Gasteiger charge is -2.13. The minimum absolute atomic E-state index is 0.234. The molecule has 3 heterocycles. The highest BCUT2D eigenvalue weighted by atomic mass is 32.1. The second kappa shape index (κ2) is 7.29. The monoisotopic (exact) mass is 356 g/mol. The van der Waals surface area contributed by atoms with Crippen LogP contribution in [0.1, 0.15) is 12.8 Å². The summed E-state index contributed by atoms with van der Waals surface area (Å²) in [5.74, 6) is 1.68. The van der Waals surface area contributed by atoms with Crippen molar-refractivity contribution in [3.05, 3.63) is 52.8 Å². The van der Waals surface area contributed by atoms with Gasteiger partial charge in [-0.1, -0.05) is 0 Å². The summed E-state index contributed by atoms with van der Waals surface area (Å²) in [5.41, 5.74) is 1.94. The molecule has 0 spiro atoms. The summed E-state index contributed by atoms with van der Waals surface area (Å²) in [6.45, 7) is 1.63. The van der Waals surface area contributed by atoms with Crippen molar-refractivity contribution in [3.8, 4) is 17.2 Å². The lowest BCUT2D eigenvalue weighted by Crippen LogP contribution is -2.23. The highest BCUT2D eigenvalue weighted by Crippen LogP contribution is 2.24. The fourth-order valence-corrected chi connectivity index (χ4v) is 3.90. The Morgan fingerprint density at radius 2 is 2.16 bits per heavy atom. The Bertz CT molecular complexity index is 872. The van der Waals surface area contributed by atoms with Crippen LogP contribution in [-0.2, 0) is 11.3 Å². The molecule has 5 nitrogen and oxygen atoms in total. The Balaban J connectivity index is 1.73. The summed E-state index contributed by atoms with van der Waals surface area (Å²) >= 11 is 1.61. The van der Waals surface area contributed by atoms with E-state index in [1.54, 1.807) is 24.7 Å². The van der Waals surface area contributed by atoms with Crippen LogP contribution in [0.3, 0.4) is 0 Å². The van der Waals surface area contributed by atoms with Gasteiger partial charge in [0.2, 0.25) is 0 Å². The first-order valence-electron chi connectivity index (χ1n) is 8.36. The highest BCUT2D eigenvalue weighted by Gasteiger charge is 2.19. The van der Waals surface area contributed by atoms with Gasteiger partial charge in [0, 0.05) is 12.0 Å². The van der Waals surface area contributed by atoms with Crippen LogP contribution in [0.15, 0.2) is 57.5 Å². The summed E-state index contributed by atoms with van der Waals surface area (Å²) in [6.07, 6.45) is 4.14. The quantitative estimate of drug-likeness (QED) is 0.687. The minimum atomic E-state index is 0.234. The molecule has 0 saturated carbocycles. The number of furan rings is 1. The van der Waals surface area contributed by atoms with E-state index in [0.717, 1.165) is 53.7 Å². The van der Waals surface area contributed by atoms with Crippen molar-refractivity contribution in [3.63, 3.8) is 0 Å². The first-order valence-corrected chi connectivity index (χ1v) is 9.24. The van der Waals surface area contributed by atoms with Gasteiger partial charge in [-0.25, -0.2) is 4.99 Å². The Kier molecular flexibility index (Phi) is 4.72. The average molecular weight is 356 g/mol. The smallest absolute Gasteiger partial charge is 0.190 e. The number of thiazole rings is 1. The normalized spacial score (nSPS) is 18.0. The molecule has 1 aliphatic heterocycles. The van der Waals surface area contributed by atoms with Gasteiger partial charge in [-0.15, -0.1) is 11.3 Å². The minimum Gasteiger partial charge on any atom is -0.497 e. The molecule has 130 valence electrons. The molecule has 1 saturated heterocycles. The summed E-state index contributed by atoms with van der Waals surface area (Å²) in [5, 5.41) is 2.09. The number of hydrogen-bond donors (Lipinski definition) is 0. The lowest BCUT2D eigenvalue weighted by atomic mass is 10.2. The molecule has 0 amide bonds. The summed E-state index contributed by atoms with van der Waals surface area (Å²) in [4.78, 5) is 5.75. The SMILES string of the molecule is COc1ccc(N=c2scc(-c3ccco3)n2CC2CCCO2)cc1. The van der Waals surface area contributed by atoms with Crippen molar-refractivity contribution in [1.82, 2.24) is 4.57 Å². The van der Waals surface area contributed by atoms with E-state index in [2.05, 4.69) is 9.95 Å². The van der Waals surface area contributed by atoms with Crippen molar-refractivity contribution < 1.29 is 13.9 Å². The van der Waals surface area contributed by atoms with E-state index in [0.29, 0.717) is 0 Å². The van der Waals surface area contributed by atoms with Crippen LogP contribution in [0.5, 0.6) is 5.75 Å². The van der Waals surface area contributed by atoms with E-state index in [1.807, 2.05) is 36.4 Å². The number of nitrogens with zero attached hydrogens (tertiary/aromatic N) is 2. The number of ether oxygens (including phenoxy) is 2. The van der Waals surface area contributed by atoms with Crippen molar-refractivity contribution in [1.29, 1.82) is 0 Å². The molecule has 1 atom stereocenters. The maximum Gasteiger partial charge on any atom is 0.190 e. The topological polar surface area (TPSA) is 48.9 Å². The molecule has 1 unspecified atom stereocenters. The molecule has 1 aromatic carbocycles. The second-order valence-corrected chi connectivity index (χ2v) is 6.77. The molecular formula is C19H20N2O3S. The average Bonchev–Trinajstić information content (AvgIpc) is 3.39. The highest BCUT2D eigenvalue weighted by molar-refractivity contribution is 7.07. The zero-order valence-electron chi connectivity index (χ0n) is 14.1. The molecule has 2 aromatic heterocycles. The molecule has 0 aliphatic carbocycles. The maximum absolute atomic E-state index is 5.83. The lowest BCUT2D eigenvalue weighted by molar-refractivity contribution is 0.0967. The van der Waals surface area contributed by atoms with Gasteiger partial charge in [0.1, 0.15) is 5.75 Å². The number of methoxy groups -OCH3 is 1. The van der Waals surface area contributed by atoms with Crippen molar-refractivity contribution >= 4 is 17.0 Å². The van der Waals surface area contributed by atoms with Gasteiger partial charge in [-0.3, -0.25) is 0 Å². The molecule has 0 bridgehead atoms. The van der Waals surface area contributed by atoms with E-state index in [1.165, 1.54) is 0 Å². The molecule has 4 rings (SSSR count). The summed E-state index contributed by atoms with van der Waals surface area (Å²) in [7, 11) is 1.66. The Labute approximate surface area is 150 Å². The Morgan fingerprint density at radius 3 is 2.84 bits per heavy atom. The van der Waals surface area contributed by atoms with Crippen LogP contribution < -0.4 is 9.54 Å². The third-order valence-corrected chi connectivity index (χ3v) is 5.14. The van der Waals surface area contributed by atoms with Gasteiger partial charge in [0.05, 0.1) is 37.4 Å². The predicted molar refractivity (Wildman–Crippen MR) is 97.2 cm³/mol. The molecular weight excluding hydrogens is 336 g/mol. The fourth-order valence-electron chi connectivity index (χ4n) is 2.98. The van der Waals surface area contributed by atoms with Crippen LogP contribution in [-0.4, -0.2) is 24.4 Å². The summed E-state index contributed by atoms with van der Waals surface area (Å²) in [6, 6.07) is 11.6. The zero-order chi connectivity index (χ0) is 17.1. The Hall–Kier alpha value is -2.31. The first-order chi connectivity index (χ1) is 12.3. The van der Waals surface area contributed by atoms with Gasteiger partial charge < -0.3 is 18.5 Å². The van der Waals surface area contributed by atoms with Gasteiger partial charge in [-0.05, 0) is 49.2 Å². The predicted octanol–water partition coefficient (Wildman–Crippen LogP) is 4.23. The van der Waals surface area contributed by atoms with E-state index < -0.39 is 0 Å². The van der Waals surface area contributed by atoms with Crippen molar-refractivity contribution in [2.45, 2.75) is 25.5 Å². The molecule has 1 aliphatic rings. The number of aromatic nitrogens is 1. The van der Waals surface area contributed by atoms with Gasteiger partial charge in [0.25, 0.3) is 0 Å².